The van der Waals surface area contributed by atoms with Crippen LogP contribution in [-0.4, -0.2) is 32.0 Å². The molecule has 0 radical (unpaired) electrons. The van der Waals surface area contributed by atoms with Crippen LogP contribution in [-0.2, 0) is 0 Å². The van der Waals surface area contributed by atoms with E-state index < -0.39 is 0 Å². The van der Waals surface area contributed by atoms with Crippen molar-refractivity contribution in [2.75, 3.05) is 12.9 Å². The first-order valence-corrected chi connectivity index (χ1v) is 7.96. The number of hydrogen-bond acceptors (Lipinski definition) is 5. The predicted molar refractivity (Wildman–Crippen MR) is 86.2 cm³/mol. The summed E-state index contributed by atoms with van der Waals surface area (Å²) < 4.78 is 8.48. The van der Waals surface area contributed by atoms with Crippen molar-refractivity contribution in [2.45, 2.75) is 18.5 Å². The smallest absolute Gasteiger partial charge is 0.300 e. The van der Waals surface area contributed by atoms with Crippen LogP contribution in [0.4, 0.5) is 0 Å². The summed E-state index contributed by atoms with van der Waals surface area (Å²) in [5.41, 5.74) is 0.855. The molecule has 0 fully saturated rings. The van der Waals surface area contributed by atoms with Gasteiger partial charge in [-0.05, 0) is 18.6 Å². The van der Waals surface area contributed by atoms with Crippen molar-refractivity contribution in [1.29, 1.82) is 0 Å². The molecule has 2 heterocycles. The third-order valence-corrected chi connectivity index (χ3v) is 4.36. The summed E-state index contributed by atoms with van der Waals surface area (Å²) in [5, 5.41) is 8.87. The Morgan fingerprint density at radius 3 is 2.91 bits per heavy atom. The Morgan fingerprint density at radius 1 is 1.27 bits per heavy atom. The van der Waals surface area contributed by atoms with E-state index in [1.54, 1.807) is 40.1 Å². The van der Waals surface area contributed by atoms with E-state index in [4.69, 9.17) is 4.74 Å². The van der Waals surface area contributed by atoms with Gasteiger partial charge in [0.25, 0.3) is 0 Å². The molecule has 0 amide bonds. The van der Waals surface area contributed by atoms with Crippen LogP contribution in [0.3, 0.4) is 0 Å². The quantitative estimate of drug-likeness (QED) is 0.676. The third-order valence-electron chi connectivity index (χ3n) is 3.21. The van der Waals surface area contributed by atoms with E-state index in [9.17, 15) is 4.79 Å². The Balaban J connectivity index is 2.09. The van der Waals surface area contributed by atoms with Gasteiger partial charge >= 0.3 is 5.56 Å². The van der Waals surface area contributed by atoms with Gasteiger partial charge in [0.05, 0.1) is 12.8 Å². The summed E-state index contributed by atoms with van der Waals surface area (Å²) in [6.07, 6.45) is 4.58. The van der Waals surface area contributed by atoms with Gasteiger partial charge in [0, 0.05) is 24.2 Å². The zero-order chi connectivity index (χ0) is 15.5. The molecule has 3 aromatic rings. The maximum atomic E-state index is 12.6. The van der Waals surface area contributed by atoms with E-state index in [0.29, 0.717) is 11.4 Å². The van der Waals surface area contributed by atoms with E-state index >= 15 is 0 Å². The number of methoxy groups -OCH3 is 1. The average Bonchev–Trinajstić information content (AvgIpc) is 2.97. The molecule has 0 spiro atoms. The highest BCUT2D eigenvalue weighted by Gasteiger charge is 2.11. The molecule has 0 aliphatic heterocycles. The van der Waals surface area contributed by atoms with E-state index in [1.807, 2.05) is 24.4 Å². The van der Waals surface area contributed by atoms with Crippen LogP contribution in [0.25, 0.3) is 11.3 Å². The minimum absolute atomic E-state index is 0.202. The topological polar surface area (TPSA) is 61.4 Å². The Morgan fingerprint density at radius 2 is 2.14 bits per heavy atom. The van der Waals surface area contributed by atoms with Crippen molar-refractivity contribution >= 4 is 17.4 Å². The van der Waals surface area contributed by atoms with Crippen LogP contribution in [0, 0.1) is 0 Å². The van der Waals surface area contributed by atoms with Crippen LogP contribution in [0.5, 0.6) is 5.75 Å². The molecule has 0 bridgehead atoms. The van der Waals surface area contributed by atoms with Gasteiger partial charge < -0.3 is 4.74 Å². The Bertz CT molecular complexity index is 856. The van der Waals surface area contributed by atoms with Crippen molar-refractivity contribution < 1.29 is 4.74 Å². The molecule has 114 valence electrons. The zero-order valence-corrected chi connectivity index (χ0v) is 13.2. The fourth-order valence-electron chi connectivity index (χ4n) is 2.12. The molecule has 2 aromatic heterocycles. The van der Waals surface area contributed by atoms with E-state index in [-0.39, 0.29) is 5.56 Å². The lowest BCUT2D eigenvalue weighted by Gasteiger charge is -2.08. The standard InChI is InChI=1S/C15H16N4O2S/c1-3-9-22-15-17-16-13-14(20)18(7-8-19(13)15)11-5-4-6-12(10-11)21-2/h4-8,10H,3,9H2,1-2H3. The predicted octanol–water partition coefficient (Wildman–Crippen LogP) is 2.39. The lowest BCUT2D eigenvalue weighted by atomic mass is 10.3. The molecule has 0 unspecified atom stereocenters. The molecule has 7 heteroatoms. The highest BCUT2D eigenvalue weighted by molar-refractivity contribution is 7.99. The molecule has 0 saturated heterocycles. The fraction of sp³-hybridized carbons (Fsp3) is 0.267. The normalized spacial score (nSPS) is 11.0. The minimum atomic E-state index is -0.202. The number of hydrogen-bond donors (Lipinski definition) is 0. The van der Waals surface area contributed by atoms with Crippen molar-refractivity contribution in [3.05, 3.63) is 47.0 Å². The van der Waals surface area contributed by atoms with Crippen molar-refractivity contribution in [1.82, 2.24) is 19.2 Å². The summed E-state index contributed by atoms with van der Waals surface area (Å²) in [7, 11) is 1.60. The Hall–Kier alpha value is -2.28. The largest absolute Gasteiger partial charge is 0.497 e. The SMILES string of the molecule is CCCSc1nnc2c(=O)n(-c3cccc(OC)c3)ccn12. The van der Waals surface area contributed by atoms with Gasteiger partial charge in [-0.1, -0.05) is 24.8 Å². The summed E-state index contributed by atoms with van der Waals surface area (Å²) >= 11 is 1.59. The summed E-state index contributed by atoms with van der Waals surface area (Å²) in [6, 6.07) is 7.34. The second kappa shape index (κ2) is 6.23. The maximum absolute atomic E-state index is 12.6. The maximum Gasteiger partial charge on any atom is 0.300 e. The molecule has 1 aromatic carbocycles. The number of thioether (sulfide) groups is 1. The van der Waals surface area contributed by atoms with Gasteiger partial charge in [-0.25, -0.2) is 0 Å². The van der Waals surface area contributed by atoms with Crippen LogP contribution in [0.1, 0.15) is 13.3 Å². The molecule has 6 nitrogen and oxygen atoms in total. The van der Waals surface area contributed by atoms with Crippen molar-refractivity contribution in [3.8, 4) is 11.4 Å². The molecule has 22 heavy (non-hydrogen) atoms. The summed E-state index contributed by atoms with van der Waals surface area (Å²) in [5.74, 6) is 1.64. The average molecular weight is 316 g/mol. The first-order valence-electron chi connectivity index (χ1n) is 6.98. The lowest BCUT2D eigenvalue weighted by Crippen LogP contribution is -2.20. The lowest BCUT2D eigenvalue weighted by molar-refractivity contribution is 0.414. The van der Waals surface area contributed by atoms with Crippen LogP contribution in [0.2, 0.25) is 0 Å². The number of fused-ring (bicyclic) bond motifs is 1. The van der Waals surface area contributed by atoms with Crippen LogP contribution < -0.4 is 10.3 Å². The number of benzene rings is 1. The first kappa shape index (κ1) is 14.6. The first-order chi connectivity index (χ1) is 10.7. The van der Waals surface area contributed by atoms with Gasteiger partial charge in [-0.3, -0.25) is 13.8 Å². The van der Waals surface area contributed by atoms with Gasteiger partial charge in [0.2, 0.25) is 5.65 Å². The molecular weight excluding hydrogens is 300 g/mol. The highest BCUT2D eigenvalue weighted by atomic mass is 32.2. The second-order valence-corrected chi connectivity index (χ2v) is 5.76. The highest BCUT2D eigenvalue weighted by Crippen LogP contribution is 2.18. The number of ether oxygens (including phenoxy) is 1. The number of nitrogens with zero attached hydrogens (tertiary/aromatic N) is 4. The van der Waals surface area contributed by atoms with Gasteiger partial charge in [-0.15, -0.1) is 10.2 Å². The molecular formula is C15H16N4O2S. The molecule has 0 saturated carbocycles. The minimum Gasteiger partial charge on any atom is -0.497 e. The molecule has 0 N–H and O–H groups in total. The van der Waals surface area contributed by atoms with Crippen LogP contribution in [0.15, 0.2) is 46.6 Å². The monoisotopic (exact) mass is 316 g/mol. The van der Waals surface area contributed by atoms with Crippen molar-refractivity contribution in [2.24, 2.45) is 0 Å². The summed E-state index contributed by atoms with van der Waals surface area (Å²) in [6.45, 7) is 2.10. The summed E-state index contributed by atoms with van der Waals surface area (Å²) in [4.78, 5) is 12.6. The zero-order valence-electron chi connectivity index (χ0n) is 12.4. The molecule has 0 aliphatic rings. The van der Waals surface area contributed by atoms with Gasteiger partial charge in [0.15, 0.2) is 5.16 Å². The van der Waals surface area contributed by atoms with Crippen LogP contribution >= 0.6 is 11.8 Å². The second-order valence-electron chi connectivity index (χ2n) is 4.70. The Labute approximate surface area is 131 Å². The Kier molecular flexibility index (Phi) is 4.15. The van der Waals surface area contributed by atoms with Gasteiger partial charge in [-0.2, -0.15) is 0 Å². The van der Waals surface area contributed by atoms with E-state index in [2.05, 4.69) is 17.1 Å². The van der Waals surface area contributed by atoms with Crippen molar-refractivity contribution in [3.63, 3.8) is 0 Å². The van der Waals surface area contributed by atoms with E-state index in [1.165, 1.54) is 0 Å². The number of rotatable bonds is 5. The molecule has 0 aliphatic carbocycles. The number of aromatic nitrogens is 4. The van der Waals surface area contributed by atoms with E-state index in [0.717, 1.165) is 23.0 Å². The third kappa shape index (κ3) is 2.59. The molecule has 3 rings (SSSR count). The fourth-order valence-corrected chi connectivity index (χ4v) is 2.89. The molecule has 0 atom stereocenters. The van der Waals surface area contributed by atoms with Gasteiger partial charge in [0.1, 0.15) is 5.75 Å².